The number of anilines is 1. The quantitative estimate of drug-likeness (QED) is 0.581. The van der Waals surface area contributed by atoms with Gasteiger partial charge < -0.3 is 10.8 Å². The van der Waals surface area contributed by atoms with E-state index in [0.717, 1.165) is 5.56 Å². The minimum absolute atomic E-state index is 0.198. The summed E-state index contributed by atoms with van der Waals surface area (Å²) in [6, 6.07) is 6.61. The molecule has 0 aliphatic heterocycles. The zero-order valence-electron chi connectivity index (χ0n) is 8.75. The Labute approximate surface area is 96.1 Å². The number of aromatic nitrogens is 4. The number of phenolic OH excluding ortho intramolecular Hbond substituents is 1. The maximum absolute atomic E-state index is 9.22. The van der Waals surface area contributed by atoms with E-state index in [-0.39, 0.29) is 5.75 Å². The first-order chi connectivity index (χ1) is 8.24. The van der Waals surface area contributed by atoms with E-state index < -0.39 is 0 Å². The topological polar surface area (TPSA) is 101 Å². The molecule has 3 rings (SSSR count). The molecular weight excluding hydrogens is 218 g/mol. The number of nitrogens with one attached hydrogen (secondary N) is 1. The molecule has 6 nitrogen and oxygen atoms in total. The summed E-state index contributed by atoms with van der Waals surface area (Å²) in [4.78, 5) is 8.50. The summed E-state index contributed by atoms with van der Waals surface area (Å²) in [7, 11) is 0. The Morgan fingerprint density at radius 2 is 1.88 bits per heavy atom. The highest BCUT2D eigenvalue weighted by molar-refractivity contribution is 5.86. The minimum Gasteiger partial charge on any atom is -0.508 e. The third kappa shape index (κ3) is 1.55. The Hall–Kier alpha value is -2.63. The first-order valence-electron chi connectivity index (χ1n) is 5.00. The summed E-state index contributed by atoms with van der Waals surface area (Å²) in [5, 5.41) is 16.5. The normalized spacial score (nSPS) is 10.8. The van der Waals surface area contributed by atoms with Crippen LogP contribution in [-0.4, -0.2) is 25.3 Å². The number of nitrogens with zero attached hydrogens (tertiary/aromatic N) is 3. The number of aromatic amines is 1. The first kappa shape index (κ1) is 9.59. The van der Waals surface area contributed by atoms with Gasteiger partial charge in [0, 0.05) is 5.56 Å². The van der Waals surface area contributed by atoms with Gasteiger partial charge in [-0.1, -0.05) is 0 Å². The SMILES string of the molecule is Nc1nc(-c2ccc(O)cc2)nc2[nH]ncc12. The van der Waals surface area contributed by atoms with Crippen molar-refractivity contribution in [1.82, 2.24) is 20.2 Å². The van der Waals surface area contributed by atoms with Crippen molar-refractivity contribution in [3.8, 4) is 17.1 Å². The van der Waals surface area contributed by atoms with Gasteiger partial charge in [0.1, 0.15) is 11.6 Å². The van der Waals surface area contributed by atoms with Crippen LogP contribution in [0.1, 0.15) is 0 Å². The van der Waals surface area contributed by atoms with Gasteiger partial charge in [-0.15, -0.1) is 0 Å². The average molecular weight is 227 g/mol. The smallest absolute Gasteiger partial charge is 0.163 e. The van der Waals surface area contributed by atoms with E-state index in [1.807, 2.05) is 0 Å². The number of nitrogen functional groups attached to an aromatic ring is 1. The van der Waals surface area contributed by atoms with Gasteiger partial charge >= 0.3 is 0 Å². The molecule has 0 unspecified atom stereocenters. The van der Waals surface area contributed by atoms with Crippen molar-refractivity contribution in [1.29, 1.82) is 0 Å². The van der Waals surface area contributed by atoms with E-state index in [1.54, 1.807) is 30.5 Å². The lowest BCUT2D eigenvalue weighted by Gasteiger charge is -2.02. The first-order valence-corrected chi connectivity index (χ1v) is 5.00. The molecule has 1 aromatic carbocycles. The molecule has 84 valence electrons. The van der Waals surface area contributed by atoms with Crippen molar-refractivity contribution < 1.29 is 5.11 Å². The van der Waals surface area contributed by atoms with Crippen LogP contribution in [0, 0.1) is 0 Å². The van der Waals surface area contributed by atoms with Crippen molar-refractivity contribution in [3.63, 3.8) is 0 Å². The van der Waals surface area contributed by atoms with E-state index >= 15 is 0 Å². The van der Waals surface area contributed by atoms with Crippen LogP contribution in [0.15, 0.2) is 30.5 Å². The van der Waals surface area contributed by atoms with Crippen LogP contribution in [0.25, 0.3) is 22.4 Å². The lowest BCUT2D eigenvalue weighted by atomic mass is 10.2. The van der Waals surface area contributed by atoms with E-state index in [4.69, 9.17) is 5.73 Å². The van der Waals surface area contributed by atoms with Crippen molar-refractivity contribution in [2.24, 2.45) is 0 Å². The van der Waals surface area contributed by atoms with Crippen LogP contribution in [-0.2, 0) is 0 Å². The Kier molecular flexibility index (Phi) is 1.94. The van der Waals surface area contributed by atoms with Gasteiger partial charge in [-0.05, 0) is 24.3 Å². The number of fused-ring (bicyclic) bond motifs is 1. The molecule has 0 atom stereocenters. The number of phenols is 1. The van der Waals surface area contributed by atoms with Crippen molar-refractivity contribution in [2.75, 3.05) is 5.73 Å². The lowest BCUT2D eigenvalue weighted by molar-refractivity contribution is 0.475. The van der Waals surface area contributed by atoms with Gasteiger partial charge in [0.25, 0.3) is 0 Å². The number of H-pyrrole nitrogens is 1. The molecule has 0 aliphatic rings. The van der Waals surface area contributed by atoms with Gasteiger partial charge in [0.05, 0.1) is 11.6 Å². The molecular formula is C11H9N5O. The third-order valence-corrected chi connectivity index (χ3v) is 2.46. The summed E-state index contributed by atoms with van der Waals surface area (Å²) in [6.07, 6.45) is 1.59. The van der Waals surface area contributed by atoms with Gasteiger partial charge in [-0.2, -0.15) is 5.10 Å². The summed E-state index contributed by atoms with van der Waals surface area (Å²) < 4.78 is 0. The molecule has 0 aliphatic carbocycles. The summed E-state index contributed by atoms with van der Waals surface area (Å²) in [6.45, 7) is 0. The maximum atomic E-state index is 9.22. The summed E-state index contributed by atoms with van der Waals surface area (Å²) in [5.74, 6) is 1.08. The van der Waals surface area contributed by atoms with E-state index in [0.29, 0.717) is 22.7 Å². The molecule has 6 heteroatoms. The summed E-state index contributed by atoms with van der Waals surface area (Å²) >= 11 is 0. The van der Waals surface area contributed by atoms with Crippen molar-refractivity contribution >= 4 is 16.9 Å². The Morgan fingerprint density at radius 1 is 1.12 bits per heavy atom. The van der Waals surface area contributed by atoms with Gasteiger partial charge in [-0.25, -0.2) is 9.97 Å². The second kappa shape index (κ2) is 3.44. The third-order valence-electron chi connectivity index (χ3n) is 2.46. The molecule has 0 amide bonds. The molecule has 4 N–H and O–H groups in total. The fraction of sp³-hybridized carbons (Fsp3) is 0. The molecule has 0 saturated heterocycles. The number of hydrogen-bond acceptors (Lipinski definition) is 5. The van der Waals surface area contributed by atoms with Crippen LogP contribution < -0.4 is 5.73 Å². The van der Waals surface area contributed by atoms with Crippen LogP contribution >= 0.6 is 0 Å². The molecule has 0 bridgehead atoms. The molecule has 17 heavy (non-hydrogen) atoms. The molecule has 0 saturated carbocycles. The van der Waals surface area contributed by atoms with E-state index in [1.165, 1.54) is 0 Å². The maximum Gasteiger partial charge on any atom is 0.163 e. The van der Waals surface area contributed by atoms with Gasteiger partial charge in [-0.3, -0.25) is 5.10 Å². The molecule has 3 aromatic rings. The summed E-state index contributed by atoms with van der Waals surface area (Å²) in [5.41, 5.74) is 7.19. The number of rotatable bonds is 1. The van der Waals surface area contributed by atoms with Gasteiger partial charge in [0.15, 0.2) is 11.5 Å². The highest BCUT2D eigenvalue weighted by atomic mass is 16.3. The zero-order chi connectivity index (χ0) is 11.8. The van der Waals surface area contributed by atoms with Crippen molar-refractivity contribution in [3.05, 3.63) is 30.5 Å². The molecule has 2 heterocycles. The standard InChI is InChI=1S/C11H9N5O/c12-9-8-5-13-16-11(8)15-10(14-9)6-1-3-7(17)4-2-6/h1-5,17H,(H3,12,13,14,15,16). The average Bonchev–Trinajstić information content (AvgIpc) is 2.78. The van der Waals surface area contributed by atoms with E-state index in [9.17, 15) is 5.11 Å². The number of aromatic hydroxyl groups is 1. The molecule has 2 aromatic heterocycles. The molecule has 0 spiro atoms. The van der Waals surface area contributed by atoms with Crippen molar-refractivity contribution in [2.45, 2.75) is 0 Å². The van der Waals surface area contributed by atoms with Crippen LogP contribution in [0.5, 0.6) is 5.75 Å². The Morgan fingerprint density at radius 3 is 2.65 bits per heavy atom. The Bertz CT molecular complexity index is 674. The largest absolute Gasteiger partial charge is 0.508 e. The highest BCUT2D eigenvalue weighted by Gasteiger charge is 2.08. The highest BCUT2D eigenvalue weighted by Crippen LogP contribution is 2.22. The molecule has 0 fully saturated rings. The lowest BCUT2D eigenvalue weighted by Crippen LogP contribution is -1.96. The number of nitrogens with two attached hydrogens (primary N) is 1. The van der Waals surface area contributed by atoms with E-state index in [2.05, 4.69) is 20.2 Å². The van der Waals surface area contributed by atoms with Crippen LogP contribution in [0.4, 0.5) is 5.82 Å². The predicted octanol–water partition coefficient (Wildman–Crippen LogP) is 1.31. The fourth-order valence-corrected chi connectivity index (χ4v) is 1.60. The minimum atomic E-state index is 0.198. The zero-order valence-corrected chi connectivity index (χ0v) is 8.75. The fourth-order valence-electron chi connectivity index (χ4n) is 1.60. The molecule has 0 radical (unpaired) electrons. The number of hydrogen-bond donors (Lipinski definition) is 3. The monoisotopic (exact) mass is 227 g/mol. The van der Waals surface area contributed by atoms with Gasteiger partial charge in [0.2, 0.25) is 0 Å². The second-order valence-corrected chi connectivity index (χ2v) is 3.61. The van der Waals surface area contributed by atoms with Crippen LogP contribution in [0.3, 0.4) is 0 Å². The Balaban J connectivity index is 2.20. The van der Waals surface area contributed by atoms with Crippen LogP contribution in [0.2, 0.25) is 0 Å². The predicted molar refractivity (Wildman–Crippen MR) is 63.2 cm³/mol. The second-order valence-electron chi connectivity index (χ2n) is 3.61. The number of benzene rings is 1.